The van der Waals surface area contributed by atoms with Crippen molar-refractivity contribution in [2.24, 2.45) is 5.92 Å². The highest BCUT2D eigenvalue weighted by atomic mass is 16.5. The molecule has 108 valence electrons. The lowest BCUT2D eigenvalue weighted by molar-refractivity contribution is 0.0650. The normalized spacial score (nSPS) is 18.7. The number of nitrogens with one attached hydrogen (secondary N) is 2. The van der Waals surface area contributed by atoms with Gasteiger partial charge in [0.2, 0.25) is 5.89 Å². The van der Waals surface area contributed by atoms with Crippen molar-refractivity contribution in [3.05, 3.63) is 5.89 Å². The molecule has 2 heterocycles. The Morgan fingerprint density at radius 1 is 1.26 bits per heavy atom. The lowest BCUT2D eigenvalue weighted by Gasteiger charge is -2.33. The van der Waals surface area contributed by atoms with Crippen molar-refractivity contribution in [2.75, 3.05) is 25.1 Å². The Balaban J connectivity index is 1.83. The van der Waals surface area contributed by atoms with E-state index in [1.54, 1.807) is 0 Å². The number of ether oxygens (including phenoxy) is 1. The fraction of sp³-hybridized carbons (Fsp3) is 0.846. The summed E-state index contributed by atoms with van der Waals surface area (Å²) in [7, 11) is 0. The fourth-order valence-corrected chi connectivity index (χ4v) is 2.05. The minimum absolute atomic E-state index is 0.00653. The summed E-state index contributed by atoms with van der Waals surface area (Å²) in [5, 5.41) is 14.7. The van der Waals surface area contributed by atoms with E-state index in [9.17, 15) is 0 Å². The molecule has 19 heavy (non-hydrogen) atoms. The monoisotopic (exact) mass is 268 g/mol. The van der Waals surface area contributed by atoms with E-state index in [1.165, 1.54) is 0 Å². The van der Waals surface area contributed by atoms with Crippen LogP contribution in [-0.4, -0.2) is 35.5 Å². The topological polar surface area (TPSA) is 72.2 Å². The first-order valence-corrected chi connectivity index (χ1v) is 6.96. The maximum Gasteiger partial charge on any atom is 0.315 e. The van der Waals surface area contributed by atoms with Crippen LogP contribution in [0.15, 0.2) is 4.42 Å². The van der Waals surface area contributed by atoms with Gasteiger partial charge in [-0.3, -0.25) is 0 Å². The predicted octanol–water partition coefficient (Wildman–Crippen LogP) is 1.80. The minimum Gasteiger partial charge on any atom is -0.407 e. The zero-order valence-electron chi connectivity index (χ0n) is 12.0. The van der Waals surface area contributed by atoms with Crippen LogP contribution in [0.3, 0.4) is 0 Å². The summed E-state index contributed by atoms with van der Waals surface area (Å²) in [4.78, 5) is 0. The molecule has 6 nitrogen and oxygen atoms in total. The van der Waals surface area contributed by atoms with Crippen LogP contribution in [0, 0.1) is 5.92 Å². The minimum atomic E-state index is -0.00653. The summed E-state index contributed by atoms with van der Waals surface area (Å²) >= 11 is 0. The summed E-state index contributed by atoms with van der Waals surface area (Å²) in [6.45, 7) is 9.61. The van der Waals surface area contributed by atoms with Crippen molar-refractivity contribution in [1.29, 1.82) is 0 Å². The third-order valence-electron chi connectivity index (χ3n) is 3.30. The SMILES string of the molecule is CC(C)CNCc1nnc(NC2(C)CCOCC2)o1. The van der Waals surface area contributed by atoms with Gasteiger partial charge < -0.3 is 19.8 Å². The summed E-state index contributed by atoms with van der Waals surface area (Å²) in [6.07, 6.45) is 1.91. The Labute approximate surface area is 114 Å². The lowest BCUT2D eigenvalue weighted by Crippen LogP contribution is -2.40. The van der Waals surface area contributed by atoms with Gasteiger partial charge in [-0.1, -0.05) is 18.9 Å². The van der Waals surface area contributed by atoms with Crippen molar-refractivity contribution in [2.45, 2.75) is 45.7 Å². The van der Waals surface area contributed by atoms with Crippen LogP contribution in [0.1, 0.15) is 39.5 Å². The van der Waals surface area contributed by atoms with Gasteiger partial charge in [-0.15, -0.1) is 5.10 Å². The molecule has 1 aromatic rings. The highest BCUT2D eigenvalue weighted by Crippen LogP contribution is 2.24. The maximum atomic E-state index is 5.60. The molecule has 0 saturated carbocycles. The fourth-order valence-electron chi connectivity index (χ4n) is 2.05. The molecule has 1 fully saturated rings. The zero-order valence-corrected chi connectivity index (χ0v) is 12.0. The molecule has 2 N–H and O–H groups in total. The summed E-state index contributed by atoms with van der Waals surface area (Å²) in [5.74, 6) is 1.24. The average molecular weight is 268 g/mol. The summed E-state index contributed by atoms with van der Waals surface area (Å²) in [5.41, 5.74) is -0.00653. The Kier molecular flexibility index (Phi) is 4.76. The van der Waals surface area contributed by atoms with Crippen LogP contribution in [0.5, 0.6) is 0 Å². The van der Waals surface area contributed by atoms with Crippen LogP contribution in [-0.2, 0) is 11.3 Å². The number of rotatable bonds is 6. The largest absolute Gasteiger partial charge is 0.407 e. The lowest BCUT2D eigenvalue weighted by atomic mass is 9.93. The molecule has 0 spiro atoms. The molecule has 0 radical (unpaired) electrons. The number of aromatic nitrogens is 2. The van der Waals surface area contributed by atoms with Crippen LogP contribution >= 0.6 is 0 Å². The second-order valence-electron chi connectivity index (χ2n) is 5.82. The maximum absolute atomic E-state index is 5.60. The van der Waals surface area contributed by atoms with Crippen LogP contribution in [0.4, 0.5) is 6.01 Å². The molecule has 1 aliphatic heterocycles. The highest BCUT2D eigenvalue weighted by Gasteiger charge is 2.28. The van der Waals surface area contributed by atoms with Crippen molar-refractivity contribution in [3.63, 3.8) is 0 Å². The van der Waals surface area contributed by atoms with Crippen molar-refractivity contribution >= 4 is 6.01 Å². The molecule has 1 saturated heterocycles. The van der Waals surface area contributed by atoms with Gasteiger partial charge in [0.05, 0.1) is 6.54 Å². The van der Waals surface area contributed by atoms with Gasteiger partial charge >= 0.3 is 6.01 Å². The zero-order chi connectivity index (χ0) is 13.7. The first kappa shape index (κ1) is 14.3. The molecule has 0 bridgehead atoms. The van der Waals surface area contributed by atoms with Gasteiger partial charge in [-0.05, 0) is 32.2 Å². The Morgan fingerprint density at radius 3 is 2.68 bits per heavy atom. The van der Waals surface area contributed by atoms with E-state index in [0.717, 1.165) is 32.6 Å². The average Bonchev–Trinajstić information content (AvgIpc) is 2.76. The second-order valence-corrected chi connectivity index (χ2v) is 5.82. The van der Waals surface area contributed by atoms with Crippen molar-refractivity contribution in [3.8, 4) is 0 Å². The molecule has 2 rings (SSSR count). The van der Waals surface area contributed by atoms with Crippen LogP contribution in [0.2, 0.25) is 0 Å². The van der Waals surface area contributed by atoms with Crippen LogP contribution < -0.4 is 10.6 Å². The third kappa shape index (κ3) is 4.47. The van der Waals surface area contributed by atoms with Gasteiger partial charge in [-0.25, -0.2) is 0 Å². The van der Waals surface area contributed by atoms with E-state index < -0.39 is 0 Å². The van der Waals surface area contributed by atoms with Crippen molar-refractivity contribution in [1.82, 2.24) is 15.5 Å². The highest BCUT2D eigenvalue weighted by molar-refractivity contribution is 5.23. The Bertz CT molecular complexity index is 386. The molecule has 6 heteroatoms. The van der Waals surface area contributed by atoms with E-state index >= 15 is 0 Å². The molecule has 1 aromatic heterocycles. The van der Waals surface area contributed by atoms with E-state index in [-0.39, 0.29) is 5.54 Å². The molecule has 0 aromatic carbocycles. The first-order chi connectivity index (χ1) is 9.07. The van der Waals surface area contributed by atoms with Gasteiger partial charge in [0.25, 0.3) is 0 Å². The number of hydrogen-bond donors (Lipinski definition) is 2. The van der Waals surface area contributed by atoms with E-state index in [4.69, 9.17) is 9.15 Å². The standard InChI is InChI=1S/C13H24N4O2/c1-10(2)8-14-9-11-16-17-12(19-11)15-13(3)4-6-18-7-5-13/h10,14H,4-9H2,1-3H3,(H,15,17). The molecule has 0 atom stereocenters. The van der Waals surface area contributed by atoms with Gasteiger partial charge in [-0.2, -0.15) is 0 Å². The van der Waals surface area contributed by atoms with E-state index in [0.29, 0.717) is 24.4 Å². The molecule has 1 aliphatic rings. The molecular weight excluding hydrogens is 244 g/mol. The first-order valence-electron chi connectivity index (χ1n) is 6.96. The predicted molar refractivity (Wildman–Crippen MR) is 72.9 cm³/mol. The van der Waals surface area contributed by atoms with E-state index in [1.807, 2.05) is 0 Å². The molecule has 0 amide bonds. The Hall–Kier alpha value is -1.14. The smallest absolute Gasteiger partial charge is 0.315 e. The number of anilines is 1. The van der Waals surface area contributed by atoms with E-state index in [2.05, 4.69) is 41.6 Å². The molecule has 0 unspecified atom stereocenters. The van der Waals surface area contributed by atoms with Crippen LogP contribution in [0.25, 0.3) is 0 Å². The second kappa shape index (κ2) is 6.34. The number of nitrogens with zero attached hydrogens (tertiary/aromatic N) is 2. The number of hydrogen-bond acceptors (Lipinski definition) is 6. The quantitative estimate of drug-likeness (QED) is 0.819. The third-order valence-corrected chi connectivity index (χ3v) is 3.30. The van der Waals surface area contributed by atoms with Gasteiger partial charge in [0.15, 0.2) is 0 Å². The van der Waals surface area contributed by atoms with Crippen molar-refractivity contribution < 1.29 is 9.15 Å². The Morgan fingerprint density at radius 2 is 2.00 bits per heavy atom. The van der Waals surface area contributed by atoms with Gasteiger partial charge in [0.1, 0.15) is 0 Å². The summed E-state index contributed by atoms with van der Waals surface area (Å²) in [6, 6.07) is 0.505. The molecule has 0 aliphatic carbocycles. The van der Waals surface area contributed by atoms with Gasteiger partial charge in [0, 0.05) is 18.8 Å². The molecular formula is C13H24N4O2. The summed E-state index contributed by atoms with van der Waals surface area (Å²) < 4.78 is 11.0.